The average Bonchev–Trinajstić information content (AvgIpc) is 2.52. The molecule has 2 aliphatic rings. The van der Waals surface area contributed by atoms with Gasteiger partial charge in [0.05, 0.1) is 5.92 Å². The Morgan fingerprint density at radius 1 is 1.50 bits per heavy atom. The number of fused-ring (bicyclic) bond motifs is 1. The zero-order valence-corrected chi connectivity index (χ0v) is 7.73. The Labute approximate surface area is 75.4 Å². The molecular weight excluding hydrogens is 172 g/mol. The normalized spacial score (nSPS) is 28.1. The number of carbonyl (C=O) groups is 1. The second kappa shape index (κ2) is 3.01. The van der Waals surface area contributed by atoms with Crippen molar-refractivity contribution < 1.29 is 4.79 Å². The highest BCUT2D eigenvalue weighted by Crippen LogP contribution is 2.27. The fraction of sp³-hybridized carbons (Fsp3) is 0.625. The molecule has 0 bridgehead atoms. The molecule has 0 N–H and O–H groups in total. The van der Waals surface area contributed by atoms with Crippen LogP contribution < -0.4 is 0 Å². The number of nitrogens with zero attached hydrogens (tertiary/aromatic N) is 2. The van der Waals surface area contributed by atoms with Crippen molar-refractivity contribution in [2.45, 2.75) is 19.3 Å². The summed E-state index contributed by atoms with van der Waals surface area (Å²) < 4.78 is 0. The molecule has 0 spiro atoms. The van der Waals surface area contributed by atoms with Gasteiger partial charge in [-0.3, -0.25) is 4.79 Å². The molecule has 0 aromatic heterocycles. The lowest BCUT2D eigenvalue weighted by Gasteiger charge is -2.11. The maximum Gasteiger partial charge on any atom is 0.256 e. The van der Waals surface area contributed by atoms with Crippen molar-refractivity contribution in [2.24, 2.45) is 15.9 Å². The molecule has 1 saturated carbocycles. The van der Waals surface area contributed by atoms with Crippen LogP contribution >= 0.6 is 11.8 Å². The summed E-state index contributed by atoms with van der Waals surface area (Å²) in [5.41, 5.74) is 1.05. The molecule has 0 aromatic rings. The van der Waals surface area contributed by atoms with Crippen LogP contribution in [0, 0.1) is 5.92 Å². The quantitative estimate of drug-likeness (QED) is 0.569. The second-order valence-electron chi connectivity index (χ2n) is 2.98. The van der Waals surface area contributed by atoms with Gasteiger partial charge in [-0.25, -0.2) is 4.99 Å². The molecule has 12 heavy (non-hydrogen) atoms. The zero-order chi connectivity index (χ0) is 8.55. The van der Waals surface area contributed by atoms with Crippen molar-refractivity contribution in [3.05, 3.63) is 0 Å². The van der Waals surface area contributed by atoms with Gasteiger partial charge in [-0.15, -0.1) is 0 Å². The van der Waals surface area contributed by atoms with Gasteiger partial charge in [0.2, 0.25) is 0 Å². The van der Waals surface area contributed by atoms with E-state index in [1.54, 1.807) is 0 Å². The van der Waals surface area contributed by atoms with Crippen molar-refractivity contribution in [3.8, 4) is 0 Å². The van der Waals surface area contributed by atoms with Gasteiger partial charge in [0.1, 0.15) is 0 Å². The molecule has 0 saturated heterocycles. The number of amides is 1. The lowest BCUT2D eigenvalue weighted by molar-refractivity contribution is -0.119. The highest BCUT2D eigenvalue weighted by atomic mass is 32.2. The molecule has 1 atom stereocenters. The molecule has 3 nitrogen and oxygen atoms in total. The average molecular weight is 182 g/mol. The first kappa shape index (κ1) is 7.98. The second-order valence-corrected chi connectivity index (χ2v) is 3.76. The van der Waals surface area contributed by atoms with Gasteiger partial charge >= 0.3 is 0 Å². The fourth-order valence-corrected chi connectivity index (χ4v) is 2.03. The van der Waals surface area contributed by atoms with Gasteiger partial charge in [-0.05, 0) is 25.5 Å². The van der Waals surface area contributed by atoms with Crippen LogP contribution in [0.5, 0.6) is 0 Å². The van der Waals surface area contributed by atoms with Crippen LogP contribution in [0.15, 0.2) is 9.98 Å². The van der Waals surface area contributed by atoms with Gasteiger partial charge < -0.3 is 0 Å². The van der Waals surface area contributed by atoms with Crippen LogP contribution in [-0.2, 0) is 4.79 Å². The van der Waals surface area contributed by atoms with E-state index in [0.717, 1.165) is 25.0 Å². The zero-order valence-electron chi connectivity index (χ0n) is 6.91. The Bertz CT molecular complexity index is 283. The summed E-state index contributed by atoms with van der Waals surface area (Å²) in [5, 5.41) is 0.633. The Morgan fingerprint density at radius 3 is 3.08 bits per heavy atom. The summed E-state index contributed by atoms with van der Waals surface area (Å²) in [6, 6.07) is 0. The number of hydrogen-bond acceptors (Lipinski definition) is 3. The van der Waals surface area contributed by atoms with Crippen molar-refractivity contribution in [1.29, 1.82) is 0 Å². The van der Waals surface area contributed by atoms with Gasteiger partial charge in [-0.1, -0.05) is 11.8 Å². The maximum atomic E-state index is 11.4. The molecule has 4 heteroatoms. The molecule has 1 amide bonds. The highest BCUT2D eigenvalue weighted by molar-refractivity contribution is 8.13. The summed E-state index contributed by atoms with van der Waals surface area (Å²) in [5.74, 6) is 0.0442. The molecule has 1 fully saturated rings. The molecule has 0 radical (unpaired) electrons. The summed E-state index contributed by atoms with van der Waals surface area (Å²) in [7, 11) is 0. The third-order valence-electron chi connectivity index (χ3n) is 2.25. The molecule has 64 valence electrons. The van der Waals surface area contributed by atoms with Gasteiger partial charge in [0.15, 0.2) is 5.17 Å². The Balaban J connectivity index is 2.30. The summed E-state index contributed by atoms with van der Waals surface area (Å²) in [6.45, 7) is 0. The predicted molar refractivity (Wildman–Crippen MR) is 50.7 cm³/mol. The smallest absolute Gasteiger partial charge is 0.256 e. The van der Waals surface area contributed by atoms with E-state index in [1.165, 1.54) is 11.8 Å². The van der Waals surface area contributed by atoms with E-state index in [9.17, 15) is 4.79 Å². The minimum absolute atomic E-state index is 0.0156. The summed E-state index contributed by atoms with van der Waals surface area (Å²) in [4.78, 5) is 19.6. The minimum Gasteiger partial charge on any atom is -0.272 e. The van der Waals surface area contributed by atoms with Crippen molar-refractivity contribution in [2.75, 3.05) is 6.26 Å². The van der Waals surface area contributed by atoms with Crippen LogP contribution in [0.2, 0.25) is 0 Å². The maximum absolute atomic E-state index is 11.4. The molecule has 1 unspecified atom stereocenters. The van der Waals surface area contributed by atoms with E-state index in [2.05, 4.69) is 9.98 Å². The van der Waals surface area contributed by atoms with Crippen molar-refractivity contribution in [1.82, 2.24) is 0 Å². The first-order valence-electron chi connectivity index (χ1n) is 4.05. The van der Waals surface area contributed by atoms with Crippen LogP contribution in [0.1, 0.15) is 19.3 Å². The number of amidine groups is 1. The Morgan fingerprint density at radius 2 is 2.33 bits per heavy atom. The Kier molecular flexibility index (Phi) is 2.00. The predicted octanol–water partition coefficient (Wildman–Crippen LogP) is 1.49. The van der Waals surface area contributed by atoms with E-state index in [4.69, 9.17) is 0 Å². The lowest BCUT2D eigenvalue weighted by Crippen LogP contribution is -2.22. The number of thioether (sulfide) groups is 1. The highest BCUT2D eigenvalue weighted by Gasteiger charge is 2.32. The van der Waals surface area contributed by atoms with Gasteiger partial charge in [-0.2, -0.15) is 4.99 Å². The fourth-order valence-electron chi connectivity index (χ4n) is 1.64. The molecular formula is C8H10N2OS. The topological polar surface area (TPSA) is 41.8 Å². The van der Waals surface area contributed by atoms with E-state index >= 15 is 0 Å². The van der Waals surface area contributed by atoms with Crippen molar-refractivity contribution >= 4 is 28.5 Å². The SMILES string of the molecule is CSC1=NC(=O)C2CCCC2=N1. The van der Waals surface area contributed by atoms with Crippen LogP contribution in [-0.4, -0.2) is 23.0 Å². The minimum atomic E-state index is 0.0156. The van der Waals surface area contributed by atoms with Gasteiger partial charge in [0.25, 0.3) is 5.91 Å². The molecule has 1 aliphatic heterocycles. The number of carbonyl (C=O) groups excluding carboxylic acids is 1. The number of aliphatic imine (C=N–C) groups is 2. The molecule has 0 aromatic carbocycles. The monoisotopic (exact) mass is 182 g/mol. The first-order valence-corrected chi connectivity index (χ1v) is 5.27. The first-order chi connectivity index (χ1) is 5.81. The lowest BCUT2D eigenvalue weighted by atomic mass is 10.1. The largest absolute Gasteiger partial charge is 0.272 e. The third-order valence-corrected chi connectivity index (χ3v) is 2.80. The number of hydrogen-bond donors (Lipinski definition) is 0. The van der Waals surface area contributed by atoms with Gasteiger partial charge in [0, 0.05) is 5.71 Å². The number of rotatable bonds is 0. The standard InChI is InChI=1S/C8H10N2OS/c1-12-8-9-6-4-2-3-5(6)7(11)10-8/h5H,2-4H2,1H3. The molecule has 2 rings (SSSR count). The van der Waals surface area contributed by atoms with E-state index in [-0.39, 0.29) is 11.8 Å². The molecule has 1 aliphatic carbocycles. The van der Waals surface area contributed by atoms with E-state index < -0.39 is 0 Å². The van der Waals surface area contributed by atoms with Crippen LogP contribution in [0.4, 0.5) is 0 Å². The third kappa shape index (κ3) is 1.20. The van der Waals surface area contributed by atoms with E-state index in [0.29, 0.717) is 5.17 Å². The molecule has 1 heterocycles. The Hall–Kier alpha value is -0.640. The van der Waals surface area contributed by atoms with E-state index in [1.807, 2.05) is 6.26 Å². The van der Waals surface area contributed by atoms with Crippen molar-refractivity contribution in [3.63, 3.8) is 0 Å². The summed E-state index contributed by atoms with van der Waals surface area (Å²) in [6.07, 6.45) is 4.91. The summed E-state index contributed by atoms with van der Waals surface area (Å²) >= 11 is 1.44. The van der Waals surface area contributed by atoms with Crippen LogP contribution in [0.25, 0.3) is 0 Å². The van der Waals surface area contributed by atoms with Crippen LogP contribution in [0.3, 0.4) is 0 Å².